The van der Waals surface area contributed by atoms with E-state index in [2.05, 4.69) is 38.1 Å². The molecule has 1 aromatic carbocycles. The van der Waals surface area contributed by atoms with Crippen molar-refractivity contribution in [1.29, 1.82) is 0 Å². The predicted molar refractivity (Wildman–Crippen MR) is 113 cm³/mol. The molecule has 7 heteroatoms. The third kappa shape index (κ3) is 3.55. The van der Waals surface area contributed by atoms with Crippen LogP contribution in [-0.2, 0) is 27.2 Å². The highest BCUT2D eigenvalue weighted by atomic mass is 16.2. The summed E-state index contributed by atoms with van der Waals surface area (Å²) in [5.74, 6) is 0.877. The zero-order valence-corrected chi connectivity index (χ0v) is 17.7. The zero-order chi connectivity index (χ0) is 20.7. The van der Waals surface area contributed by atoms with Gasteiger partial charge < -0.3 is 9.47 Å². The number of imidazole rings is 1. The number of aryl methyl sites for hydroxylation is 2. The molecule has 0 bridgehead atoms. The molecule has 1 aliphatic rings. The van der Waals surface area contributed by atoms with Crippen LogP contribution in [0.5, 0.6) is 0 Å². The van der Waals surface area contributed by atoms with E-state index in [9.17, 15) is 9.59 Å². The van der Waals surface area contributed by atoms with E-state index < -0.39 is 0 Å². The fourth-order valence-corrected chi connectivity index (χ4v) is 4.39. The van der Waals surface area contributed by atoms with Gasteiger partial charge in [0.2, 0.25) is 0 Å². The molecule has 1 saturated heterocycles. The standard InChI is InChI=1S/C22H29N5O2/c1-15-8-10-17(11-9-15)13-27-18(14-26-12-6-5-7-16(26)2)23-20-19(27)21(28)25(4)22(29)24(20)3/h8-11,16H,5-7,12-14H2,1-4H3/p+1/t16-/m1/s1. The maximum Gasteiger partial charge on any atom is 0.332 e. The molecule has 1 N–H and O–H groups in total. The van der Waals surface area contributed by atoms with Crippen LogP contribution >= 0.6 is 0 Å². The zero-order valence-electron chi connectivity index (χ0n) is 17.7. The van der Waals surface area contributed by atoms with E-state index in [0.29, 0.717) is 23.8 Å². The van der Waals surface area contributed by atoms with Crippen LogP contribution in [0.3, 0.4) is 0 Å². The average Bonchev–Trinajstić information content (AvgIpc) is 3.06. The number of aromatic nitrogens is 4. The van der Waals surface area contributed by atoms with Gasteiger partial charge in [-0.1, -0.05) is 29.8 Å². The van der Waals surface area contributed by atoms with E-state index >= 15 is 0 Å². The Bertz CT molecular complexity index is 1150. The van der Waals surface area contributed by atoms with Crippen LogP contribution in [0, 0.1) is 6.92 Å². The van der Waals surface area contributed by atoms with Gasteiger partial charge in [-0.15, -0.1) is 0 Å². The van der Waals surface area contributed by atoms with Gasteiger partial charge in [-0.3, -0.25) is 13.9 Å². The first-order chi connectivity index (χ1) is 13.9. The number of rotatable bonds is 4. The monoisotopic (exact) mass is 396 g/mol. The minimum Gasteiger partial charge on any atom is -0.326 e. The van der Waals surface area contributed by atoms with Crippen molar-refractivity contribution in [3.05, 3.63) is 62.1 Å². The highest BCUT2D eigenvalue weighted by molar-refractivity contribution is 5.71. The molecule has 154 valence electrons. The SMILES string of the molecule is Cc1ccc(Cn2c(C[NH+]3CCCC[C@H]3C)nc3c2c(=O)n(C)c(=O)n3C)cc1. The summed E-state index contributed by atoms with van der Waals surface area (Å²) in [4.78, 5) is 31.8. The molecule has 1 unspecified atom stereocenters. The summed E-state index contributed by atoms with van der Waals surface area (Å²) < 4.78 is 4.69. The molecule has 7 nitrogen and oxygen atoms in total. The number of hydrogen-bond acceptors (Lipinski definition) is 3. The lowest BCUT2D eigenvalue weighted by molar-refractivity contribution is -0.942. The van der Waals surface area contributed by atoms with Gasteiger partial charge in [-0.25, -0.2) is 9.78 Å². The average molecular weight is 397 g/mol. The summed E-state index contributed by atoms with van der Waals surface area (Å²) in [6.45, 7) is 6.80. The molecule has 0 spiro atoms. The molecule has 0 radical (unpaired) electrons. The number of likely N-dealkylation sites (tertiary alicyclic amines) is 1. The van der Waals surface area contributed by atoms with Crippen molar-refractivity contribution in [3.8, 4) is 0 Å². The minimum atomic E-state index is -0.340. The van der Waals surface area contributed by atoms with Crippen LogP contribution in [-0.4, -0.2) is 31.3 Å². The second-order valence-corrected chi connectivity index (χ2v) is 8.46. The molecule has 3 heterocycles. The van der Waals surface area contributed by atoms with Crippen LogP contribution in [0.4, 0.5) is 0 Å². The molecule has 0 amide bonds. The molecule has 2 aromatic heterocycles. The smallest absolute Gasteiger partial charge is 0.326 e. The summed E-state index contributed by atoms with van der Waals surface area (Å²) in [5.41, 5.74) is 2.69. The molecule has 29 heavy (non-hydrogen) atoms. The van der Waals surface area contributed by atoms with Crippen molar-refractivity contribution in [2.45, 2.75) is 52.2 Å². The van der Waals surface area contributed by atoms with Crippen molar-refractivity contribution < 1.29 is 4.90 Å². The third-order valence-corrected chi connectivity index (χ3v) is 6.36. The van der Waals surface area contributed by atoms with E-state index in [1.165, 1.54) is 45.9 Å². The molecular formula is C22H30N5O2+. The number of fused-ring (bicyclic) bond motifs is 1. The number of piperidine rings is 1. The van der Waals surface area contributed by atoms with E-state index in [-0.39, 0.29) is 11.2 Å². The van der Waals surface area contributed by atoms with Crippen molar-refractivity contribution in [2.75, 3.05) is 6.54 Å². The number of quaternary nitrogens is 1. The van der Waals surface area contributed by atoms with Crippen molar-refractivity contribution in [1.82, 2.24) is 18.7 Å². The van der Waals surface area contributed by atoms with Crippen molar-refractivity contribution in [2.24, 2.45) is 14.1 Å². The topological polar surface area (TPSA) is 66.3 Å². The Labute approximate surface area is 170 Å². The fourth-order valence-electron chi connectivity index (χ4n) is 4.39. The first-order valence-electron chi connectivity index (χ1n) is 10.4. The van der Waals surface area contributed by atoms with Crippen LogP contribution in [0.2, 0.25) is 0 Å². The van der Waals surface area contributed by atoms with Gasteiger partial charge in [0.25, 0.3) is 5.56 Å². The highest BCUT2D eigenvalue weighted by Crippen LogP contribution is 2.15. The lowest BCUT2D eigenvalue weighted by atomic mass is 10.0. The van der Waals surface area contributed by atoms with Gasteiger partial charge >= 0.3 is 5.69 Å². The largest absolute Gasteiger partial charge is 0.332 e. The Hall–Kier alpha value is -2.67. The molecular weight excluding hydrogens is 366 g/mol. The first-order valence-corrected chi connectivity index (χ1v) is 10.4. The second kappa shape index (κ2) is 7.63. The Morgan fingerprint density at radius 1 is 1.10 bits per heavy atom. The first kappa shape index (κ1) is 19.6. The van der Waals surface area contributed by atoms with Gasteiger partial charge in [0.1, 0.15) is 6.54 Å². The van der Waals surface area contributed by atoms with E-state index in [1.54, 1.807) is 7.05 Å². The van der Waals surface area contributed by atoms with E-state index in [4.69, 9.17) is 4.98 Å². The summed E-state index contributed by atoms with van der Waals surface area (Å²) in [5, 5.41) is 0. The van der Waals surface area contributed by atoms with Gasteiger partial charge in [-0.2, -0.15) is 0 Å². The number of nitrogens with zero attached hydrogens (tertiary/aromatic N) is 4. The summed E-state index contributed by atoms with van der Waals surface area (Å²) >= 11 is 0. The third-order valence-electron chi connectivity index (χ3n) is 6.36. The lowest BCUT2D eigenvalue weighted by Crippen LogP contribution is -3.15. The van der Waals surface area contributed by atoms with E-state index in [0.717, 1.165) is 24.5 Å². The number of benzene rings is 1. The molecule has 1 aliphatic heterocycles. The van der Waals surface area contributed by atoms with E-state index in [1.807, 2.05) is 4.57 Å². The van der Waals surface area contributed by atoms with Gasteiger partial charge in [-0.05, 0) is 38.7 Å². The summed E-state index contributed by atoms with van der Waals surface area (Å²) in [6, 6.07) is 8.92. The van der Waals surface area contributed by atoms with Crippen LogP contribution in [0.1, 0.15) is 43.1 Å². The van der Waals surface area contributed by atoms with Gasteiger partial charge in [0.15, 0.2) is 17.0 Å². The normalized spacial score (nSPS) is 19.7. The Morgan fingerprint density at radius 3 is 2.52 bits per heavy atom. The van der Waals surface area contributed by atoms with Crippen LogP contribution < -0.4 is 16.1 Å². The molecule has 0 aliphatic carbocycles. The van der Waals surface area contributed by atoms with Crippen molar-refractivity contribution >= 4 is 11.2 Å². The Kier molecular flexibility index (Phi) is 5.17. The summed E-state index contributed by atoms with van der Waals surface area (Å²) in [7, 11) is 3.22. The highest BCUT2D eigenvalue weighted by Gasteiger charge is 2.26. The Morgan fingerprint density at radius 2 is 1.83 bits per heavy atom. The van der Waals surface area contributed by atoms with Crippen LogP contribution in [0.25, 0.3) is 11.2 Å². The maximum atomic E-state index is 13.0. The Balaban J connectivity index is 1.87. The minimum absolute atomic E-state index is 0.282. The molecule has 2 atom stereocenters. The molecule has 1 fully saturated rings. The fraction of sp³-hybridized carbons (Fsp3) is 0.500. The summed E-state index contributed by atoms with van der Waals surface area (Å²) in [6.07, 6.45) is 3.71. The molecule has 3 aromatic rings. The predicted octanol–water partition coefficient (Wildman–Crippen LogP) is 0.748. The number of hydrogen-bond donors (Lipinski definition) is 1. The second-order valence-electron chi connectivity index (χ2n) is 8.46. The lowest BCUT2D eigenvalue weighted by Gasteiger charge is -2.30. The quantitative estimate of drug-likeness (QED) is 0.708. The van der Waals surface area contributed by atoms with Crippen molar-refractivity contribution in [3.63, 3.8) is 0 Å². The molecule has 0 saturated carbocycles. The van der Waals surface area contributed by atoms with Crippen LogP contribution in [0.15, 0.2) is 33.9 Å². The molecule has 4 rings (SSSR count). The van der Waals surface area contributed by atoms with Gasteiger partial charge in [0, 0.05) is 20.6 Å². The number of nitrogens with one attached hydrogen (secondary N) is 1. The van der Waals surface area contributed by atoms with Gasteiger partial charge in [0.05, 0.1) is 12.6 Å². The maximum absolute atomic E-state index is 13.0.